The Morgan fingerprint density at radius 1 is 1.43 bits per heavy atom. The van der Waals surface area contributed by atoms with Crippen LogP contribution in [0.15, 0.2) is 34.8 Å². The second-order valence-electron chi connectivity index (χ2n) is 5.20. The van der Waals surface area contributed by atoms with Gasteiger partial charge in [0.05, 0.1) is 12.8 Å². The molecule has 23 heavy (non-hydrogen) atoms. The number of urea groups is 1. The molecular weight excluding hydrogens is 333 g/mol. The van der Waals surface area contributed by atoms with Crippen molar-refractivity contribution in [2.75, 3.05) is 11.9 Å². The van der Waals surface area contributed by atoms with Crippen LogP contribution >= 0.6 is 11.6 Å². The fourth-order valence-corrected chi connectivity index (χ4v) is 2.23. The Labute approximate surface area is 136 Å². The number of ether oxygens (including phenoxy) is 1. The molecule has 1 N–H and O–H groups in total. The quantitative estimate of drug-likeness (QED) is 0.807. The normalized spacial score (nSPS) is 20.5. The summed E-state index contributed by atoms with van der Waals surface area (Å²) in [7, 11) is 0. The van der Waals surface area contributed by atoms with Crippen LogP contribution in [0.3, 0.4) is 0 Å². The zero-order valence-corrected chi connectivity index (χ0v) is 13.1. The lowest BCUT2D eigenvalue weighted by atomic mass is 9.92. The highest BCUT2D eigenvalue weighted by molar-refractivity contribution is 6.30. The first kappa shape index (κ1) is 17.5. The van der Waals surface area contributed by atoms with E-state index in [0.29, 0.717) is 6.21 Å². The zero-order valence-electron chi connectivity index (χ0n) is 12.4. The SMILES string of the molecule is CC(C)=CCO[C@@]1(C(F)(F)F)C=NC(=O)Nc2ccc(Cl)cc21. The number of anilines is 1. The minimum Gasteiger partial charge on any atom is -0.352 e. The fraction of sp³-hybridized carbons (Fsp3) is 0.333. The molecule has 0 saturated carbocycles. The number of alkyl halides is 3. The van der Waals surface area contributed by atoms with E-state index in [1.54, 1.807) is 13.8 Å². The first-order valence-electron chi connectivity index (χ1n) is 6.66. The molecule has 1 aromatic carbocycles. The lowest BCUT2D eigenvalue weighted by molar-refractivity contribution is -0.248. The van der Waals surface area contributed by atoms with Gasteiger partial charge in [0.1, 0.15) is 0 Å². The van der Waals surface area contributed by atoms with Crippen LogP contribution in [0.25, 0.3) is 0 Å². The van der Waals surface area contributed by atoms with Crippen molar-refractivity contribution in [3.05, 3.63) is 40.4 Å². The van der Waals surface area contributed by atoms with Crippen LogP contribution in [0.2, 0.25) is 5.02 Å². The summed E-state index contributed by atoms with van der Waals surface area (Å²) in [6, 6.07) is 2.87. The van der Waals surface area contributed by atoms with Crippen molar-refractivity contribution >= 4 is 29.5 Å². The molecule has 4 nitrogen and oxygen atoms in total. The van der Waals surface area contributed by atoms with Crippen LogP contribution in [0.4, 0.5) is 23.7 Å². The molecule has 0 bridgehead atoms. The maximum Gasteiger partial charge on any atom is 0.427 e. The molecule has 124 valence electrons. The van der Waals surface area contributed by atoms with Crippen molar-refractivity contribution in [3.8, 4) is 0 Å². The van der Waals surface area contributed by atoms with E-state index in [2.05, 4.69) is 10.3 Å². The van der Waals surface area contributed by atoms with Crippen LogP contribution < -0.4 is 5.32 Å². The van der Waals surface area contributed by atoms with Gasteiger partial charge in [-0.25, -0.2) is 9.79 Å². The third-order valence-corrected chi connectivity index (χ3v) is 3.45. The highest BCUT2D eigenvalue weighted by Crippen LogP contribution is 2.45. The van der Waals surface area contributed by atoms with E-state index in [4.69, 9.17) is 16.3 Å². The maximum absolute atomic E-state index is 13.8. The van der Waals surface area contributed by atoms with Gasteiger partial charge in [-0.1, -0.05) is 23.3 Å². The molecule has 0 aliphatic carbocycles. The van der Waals surface area contributed by atoms with Gasteiger partial charge >= 0.3 is 12.2 Å². The van der Waals surface area contributed by atoms with Gasteiger partial charge in [0.15, 0.2) is 0 Å². The standard InChI is InChI=1S/C15H14ClF3N2O2/c1-9(2)5-6-23-14(15(17,18)19)8-20-13(22)21-12-4-3-10(16)7-11(12)14/h3-5,7-8H,6H2,1-2H3,(H,21,22)/t14-/m0/s1. The van der Waals surface area contributed by atoms with Crippen molar-refractivity contribution in [1.82, 2.24) is 0 Å². The number of rotatable bonds is 3. The molecule has 2 amide bonds. The lowest BCUT2D eigenvalue weighted by Crippen LogP contribution is -2.46. The van der Waals surface area contributed by atoms with Gasteiger partial charge in [-0.15, -0.1) is 0 Å². The maximum atomic E-state index is 13.8. The van der Waals surface area contributed by atoms with Crippen LogP contribution in [0.5, 0.6) is 0 Å². The van der Waals surface area contributed by atoms with Gasteiger partial charge < -0.3 is 10.1 Å². The summed E-state index contributed by atoms with van der Waals surface area (Å²) < 4.78 is 46.6. The van der Waals surface area contributed by atoms with Crippen molar-refractivity contribution in [3.63, 3.8) is 0 Å². The van der Waals surface area contributed by atoms with Gasteiger partial charge in [0.25, 0.3) is 0 Å². The number of nitrogens with one attached hydrogen (secondary N) is 1. The number of amides is 2. The molecule has 2 rings (SSSR count). The third-order valence-electron chi connectivity index (χ3n) is 3.21. The molecule has 1 aliphatic rings. The second-order valence-corrected chi connectivity index (χ2v) is 5.64. The van der Waals surface area contributed by atoms with Gasteiger partial charge in [0.2, 0.25) is 5.60 Å². The highest BCUT2D eigenvalue weighted by atomic mass is 35.5. The average molecular weight is 347 g/mol. The van der Waals surface area contributed by atoms with Crippen LogP contribution in [-0.4, -0.2) is 25.0 Å². The minimum atomic E-state index is -4.84. The predicted molar refractivity (Wildman–Crippen MR) is 82.1 cm³/mol. The number of halogens is 4. The summed E-state index contributed by atoms with van der Waals surface area (Å²) >= 11 is 5.84. The molecule has 1 heterocycles. The number of carbonyl (C=O) groups excluding carboxylic acids is 1. The smallest absolute Gasteiger partial charge is 0.352 e. The molecule has 0 aromatic heterocycles. The fourth-order valence-electron chi connectivity index (χ4n) is 2.06. The van der Waals surface area contributed by atoms with Crippen molar-refractivity contribution < 1.29 is 22.7 Å². The Hall–Kier alpha value is -1.86. The monoisotopic (exact) mass is 346 g/mol. The zero-order chi connectivity index (χ0) is 17.3. The molecule has 0 unspecified atom stereocenters. The second kappa shape index (κ2) is 6.33. The van der Waals surface area contributed by atoms with Gasteiger partial charge in [0, 0.05) is 16.3 Å². The number of benzene rings is 1. The van der Waals surface area contributed by atoms with Crippen molar-refractivity contribution in [2.24, 2.45) is 4.99 Å². The van der Waals surface area contributed by atoms with E-state index < -0.39 is 17.8 Å². The summed E-state index contributed by atoms with van der Waals surface area (Å²) in [6.45, 7) is 3.18. The van der Waals surface area contributed by atoms with E-state index in [1.807, 2.05) is 0 Å². The number of nitrogens with zero attached hydrogens (tertiary/aromatic N) is 1. The largest absolute Gasteiger partial charge is 0.427 e. The van der Waals surface area contributed by atoms with E-state index in [-0.39, 0.29) is 22.9 Å². The molecule has 1 aromatic rings. The van der Waals surface area contributed by atoms with Crippen LogP contribution in [0, 0.1) is 0 Å². The molecule has 1 aliphatic heterocycles. The molecule has 0 radical (unpaired) electrons. The Morgan fingerprint density at radius 3 is 2.74 bits per heavy atom. The summed E-state index contributed by atoms with van der Waals surface area (Å²) in [5.74, 6) is 0. The van der Waals surface area contributed by atoms with Gasteiger partial charge in [-0.2, -0.15) is 13.2 Å². The Morgan fingerprint density at radius 2 is 2.13 bits per heavy atom. The van der Waals surface area contributed by atoms with Crippen LogP contribution in [-0.2, 0) is 10.3 Å². The topological polar surface area (TPSA) is 50.7 Å². The Bertz CT molecular complexity index is 682. The van der Waals surface area contributed by atoms with Crippen molar-refractivity contribution in [1.29, 1.82) is 0 Å². The highest BCUT2D eigenvalue weighted by Gasteiger charge is 2.58. The van der Waals surface area contributed by atoms with Gasteiger partial charge in [-0.05, 0) is 32.0 Å². The molecule has 0 saturated heterocycles. The number of allylic oxidation sites excluding steroid dienone is 1. The lowest BCUT2D eigenvalue weighted by Gasteiger charge is -2.32. The summed E-state index contributed by atoms with van der Waals surface area (Å²) in [4.78, 5) is 14.9. The summed E-state index contributed by atoms with van der Waals surface area (Å²) in [5.41, 5.74) is -2.42. The first-order valence-corrected chi connectivity index (χ1v) is 7.04. The van der Waals surface area contributed by atoms with E-state index in [0.717, 1.165) is 11.6 Å². The number of hydrogen-bond donors (Lipinski definition) is 1. The van der Waals surface area contributed by atoms with E-state index in [9.17, 15) is 18.0 Å². The van der Waals surface area contributed by atoms with Crippen LogP contribution in [0.1, 0.15) is 19.4 Å². The Balaban J connectivity index is 2.64. The predicted octanol–water partition coefficient (Wildman–Crippen LogP) is 4.70. The molecule has 0 fully saturated rings. The molecule has 0 spiro atoms. The molecule has 8 heteroatoms. The molecule has 1 atom stereocenters. The molecular formula is C15H14ClF3N2O2. The van der Waals surface area contributed by atoms with E-state index >= 15 is 0 Å². The first-order chi connectivity index (χ1) is 10.7. The Kier molecular flexibility index (Phi) is 4.81. The van der Waals surface area contributed by atoms with Gasteiger partial charge in [-0.3, -0.25) is 0 Å². The number of carbonyl (C=O) groups is 1. The third kappa shape index (κ3) is 3.56. The minimum absolute atomic E-state index is 0.0496. The van der Waals surface area contributed by atoms with E-state index in [1.165, 1.54) is 18.2 Å². The number of fused-ring (bicyclic) bond motifs is 1. The van der Waals surface area contributed by atoms with Crippen molar-refractivity contribution in [2.45, 2.75) is 25.6 Å². The average Bonchev–Trinajstić information content (AvgIpc) is 2.56. The number of aliphatic imine (C=N–C) groups is 1. The summed E-state index contributed by atoms with van der Waals surface area (Å²) in [5, 5.41) is 2.38. The summed E-state index contributed by atoms with van der Waals surface area (Å²) in [6.07, 6.45) is -2.85. The number of hydrogen-bond acceptors (Lipinski definition) is 2.